The Morgan fingerprint density at radius 3 is 1.69 bits per heavy atom. The van der Waals surface area contributed by atoms with Crippen LogP contribution in [0, 0.1) is 11.3 Å². The van der Waals surface area contributed by atoms with Crippen LogP contribution in [0.3, 0.4) is 0 Å². The zero-order valence-electron chi connectivity index (χ0n) is 9.77. The molecular formula is C11H23NO. The van der Waals surface area contributed by atoms with E-state index in [4.69, 9.17) is 5.73 Å². The molecule has 0 rings (SSSR count). The third-order valence-corrected chi connectivity index (χ3v) is 2.27. The fraction of sp³-hybridized carbons (Fsp3) is 0.909. The zero-order valence-corrected chi connectivity index (χ0v) is 9.77. The Hall–Kier alpha value is -0.370. The van der Waals surface area contributed by atoms with Gasteiger partial charge in [-0.3, -0.25) is 4.79 Å². The number of ketones is 1. The van der Waals surface area contributed by atoms with Gasteiger partial charge in [0.25, 0.3) is 0 Å². The number of Topliss-reactive ketones (excluding diaryl/α,β-unsaturated/α-hetero) is 1. The van der Waals surface area contributed by atoms with E-state index in [-0.39, 0.29) is 22.7 Å². The minimum Gasteiger partial charge on any atom is -0.326 e. The summed E-state index contributed by atoms with van der Waals surface area (Å²) in [6, 6.07) is 0. The average Bonchev–Trinajstić information content (AvgIpc) is 1.77. The van der Waals surface area contributed by atoms with Crippen LogP contribution in [-0.4, -0.2) is 11.3 Å². The fourth-order valence-corrected chi connectivity index (χ4v) is 1.59. The summed E-state index contributed by atoms with van der Waals surface area (Å²) in [5, 5.41) is 0. The summed E-state index contributed by atoms with van der Waals surface area (Å²) in [4.78, 5) is 11.4. The lowest BCUT2D eigenvalue weighted by Crippen LogP contribution is -2.40. The summed E-state index contributed by atoms with van der Waals surface area (Å²) in [5.41, 5.74) is 5.67. The number of carbonyl (C=O) groups excluding carboxylic acids is 1. The van der Waals surface area contributed by atoms with Gasteiger partial charge in [0.15, 0.2) is 0 Å². The molecule has 0 saturated carbocycles. The van der Waals surface area contributed by atoms with E-state index in [2.05, 4.69) is 20.8 Å². The molecule has 0 aromatic carbocycles. The first-order valence-corrected chi connectivity index (χ1v) is 4.83. The predicted molar refractivity (Wildman–Crippen MR) is 56.5 cm³/mol. The van der Waals surface area contributed by atoms with E-state index in [9.17, 15) is 4.79 Å². The van der Waals surface area contributed by atoms with Crippen molar-refractivity contribution in [3.63, 3.8) is 0 Å². The quantitative estimate of drug-likeness (QED) is 0.733. The van der Waals surface area contributed by atoms with Crippen molar-refractivity contribution in [1.82, 2.24) is 0 Å². The van der Waals surface area contributed by atoms with Crippen LogP contribution in [0.2, 0.25) is 0 Å². The van der Waals surface area contributed by atoms with E-state index in [0.717, 1.165) is 6.42 Å². The van der Waals surface area contributed by atoms with Crippen molar-refractivity contribution >= 4 is 5.78 Å². The fourth-order valence-electron chi connectivity index (χ4n) is 1.59. The molecule has 0 bridgehead atoms. The molecule has 0 aromatic heterocycles. The van der Waals surface area contributed by atoms with Crippen molar-refractivity contribution in [3.05, 3.63) is 0 Å². The first kappa shape index (κ1) is 12.6. The van der Waals surface area contributed by atoms with Gasteiger partial charge in [-0.2, -0.15) is 0 Å². The molecule has 0 fully saturated rings. The van der Waals surface area contributed by atoms with Crippen molar-refractivity contribution in [3.8, 4) is 0 Å². The van der Waals surface area contributed by atoms with Crippen molar-refractivity contribution in [2.24, 2.45) is 17.1 Å². The molecular weight excluding hydrogens is 162 g/mol. The van der Waals surface area contributed by atoms with E-state index in [1.165, 1.54) is 0 Å². The molecule has 0 aliphatic heterocycles. The second-order valence-corrected chi connectivity index (χ2v) is 5.72. The molecule has 1 unspecified atom stereocenters. The lowest BCUT2D eigenvalue weighted by molar-refractivity contribution is -0.124. The maximum Gasteiger partial charge on any atom is 0.133 e. The number of carbonyl (C=O) groups is 1. The highest BCUT2D eigenvalue weighted by Crippen LogP contribution is 2.32. The Morgan fingerprint density at radius 2 is 1.62 bits per heavy atom. The Balaban J connectivity index is 4.56. The van der Waals surface area contributed by atoms with Crippen LogP contribution in [0.15, 0.2) is 0 Å². The normalized spacial score (nSPS) is 15.6. The van der Waals surface area contributed by atoms with E-state index >= 15 is 0 Å². The number of hydrogen-bond donors (Lipinski definition) is 1. The van der Waals surface area contributed by atoms with Gasteiger partial charge in [-0.15, -0.1) is 0 Å². The molecule has 13 heavy (non-hydrogen) atoms. The standard InChI is InChI=1S/C11H23NO/c1-8(13)9(10(2,3)4)7-11(5,6)12/h9H,7,12H2,1-6H3. The number of rotatable bonds is 3. The first-order chi connectivity index (χ1) is 5.54. The highest BCUT2D eigenvalue weighted by Gasteiger charge is 2.32. The van der Waals surface area contributed by atoms with E-state index in [1.807, 2.05) is 13.8 Å². The maximum atomic E-state index is 11.4. The lowest BCUT2D eigenvalue weighted by atomic mass is 9.73. The van der Waals surface area contributed by atoms with Gasteiger partial charge in [-0.25, -0.2) is 0 Å². The van der Waals surface area contributed by atoms with E-state index in [0.29, 0.717) is 0 Å². The second kappa shape index (κ2) is 3.79. The predicted octanol–water partition coefficient (Wildman–Crippen LogP) is 2.37. The summed E-state index contributed by atoms with van der Waals surface area (Å²) in [6.45, 7) is 11.9. The minimum atomic E-state index is -0.260. The monoisotopic (exact) mass is 185 g/mol. The summed E-state index contributed by atoms with van der Waals surface area (Å²) in [7, 11) is 0. The molecule has 0 spiro atoms. The molecule has 2 N–H and O–H groups in total. The number of hydrogen-bond acceptors (Lipinski definition) is 2. The molecule has 0 saturated heterocycles. The molecule has 2 heteroatoms. The van der Waals surface area contributed by atoms with Crippen molar-refractivity contribution in [1.29, 1.82) is 0 Å². The molecule has 0 aliphatic carbocycles. The van der Waals surface area contributed by atoms with Gasteiger partial charge < -0.3 is 5.73 Å². The van der Waals surface area contributed by atoms with Gasteiger partial charge >= 0.3 is 0 Å². The van der Waals surface area contributed by atoms with Crippen LogP contribution >= 0.6 is 0 Å². The highest BCUT2D eigenvalue weighted by atomic mass is 16.1. The van der Waals surface area contributed by atoms with Crippen LogP contribution < -0.4 is 5.73 Å². The average molecular weight is 185 g/mol. The van der Waals surface area contributed by atoms with Gasteiger partial charge in [0.05, 0.1) is 0 Å². The SMILES string of the molecule is CC(=O)C(CC(C)(C)N)C(C)(C)C. The van der Waals surface area contributed by atoms with Crippen LogP contribution in [0.4, 0.5) is 0 Å². The Labute approximate surface area is 81.9 Å². The van der Waals surface area contributed by atoms with Gasteiger partial charge in [0, 0.05) is 11.5 Å². The van der Waals surface area contributed by atoms with Crippen molar-refractivity contribution < 1.29 is 4.79 Å². The molecule has 2 nitrogen and oxygen atoms in total. The summed E-state index contributed by atoms with van der Waals surface area (Å²) in [5.74, 6) is 0.304. The zero-order chi connectivity index (χ0) is 10.9. The van der Waals surface area contributed by atoms with Gasteiger partial charge in [-0.1, -0.05) is 20.8 Å². The van der Waals surface area contributed by atoms with Crippen molar-refractivity contribution in [2.45, 2.75) is 53.5 Å². The molecule has 0 heterocycles. The number of nitrogens with two attached hydrogens (primary N) is 1. The molecule has 0 radical (unpaired) electrons. The van der Waals surface area contributed by atoms with E-state index < -0.39 is 0 Å². The summed E-state index contributed by atoms with van der Waals surface area (Å²) in [6.07, 6.45) is 0.756. The Bertz CT molecular complexity index is 183. The Morgan fingerprint density at radius 1 is 1.23 bits per heavy atom. The molecule has 0 aliphatic rings. The van der Waals surface area contributed by atoms with Crippen LogP contribution in [-0.2, 0) is 4.79 Å². The van der Waals surface area contributed by atoms with Gasteiger partial charge in [0.1, 0.15) is 5.78 Å². The molecule has 0 amide bonds. The smallest absolute Gasteiger partial charge is 0.133 e. The lowest BCUT2D eigenvalue weighted by Gasteiger charge is -2.33. The van der Waals surface area contributed by atoms with Crippen LogP contribution in [0.25, 0.3) is 0 Å². The first-order valence-electron chi connectivity index (χ1n) is 4.83. The molecule has 0 aromatic rings. The third-order valence-electron chi connectivity index (χ3n) is 2.27. The van der Waals surface area contributed by atoms with Gasteiger partial charge in [0.2, 0.25) is 0 Å². The third kappa shape index (κ3) is 5.04. The van der Waals surface area contributed by atoms with Crippen LogP contribution in [0.1, 0.15) is 48.0 Å². The van der Waals surface area contributed by atoms with Crippen LogP contribution in [0.5, 0.6) is 0 Å². The summed E-state index contributed by atoms with van der Waals surface area (Å²) < 4.78 is 0. The largest absolute Gasteiger partial charge is 0.326 e. The maximum absolute atomic E-state index is 11.4. The molecule has 78 valence electrons. The summed E-state index contributed by atoms with van der Waals surface area (Å²) >= 11 is 0. The van der Waals surface area contributed by atoms with E-state index in [1.54, 1.807) is 6.92 Å². The highest BCUT2D eigenvalue weighted by molar-refractivity contribution is 5.79. The topological polar surface area (TPSA) is 43.1 Å². The van der Waals surface area contributed by atoms with Gasteiger partial charge in [-0.05, 0) is 32.6 Å². The minimum absolute atomic E-state index is 0.0163. The van der Waals surface area contributed by atoms with Crippen molar-refractivity contribution in [2.75, 3.05) is 0 Å². The Kier molecular flexibility index (Phi) is 3.68. The second-order valence-electron chi connectivity index (χ2n) is 5.72. The molecule has 1 atom stereocenters.